The van der Waals surface area contributed by atoms with Gasteiger partial charge in [0.2, 0.25) is 5.76 Å². The van der Waals surface area contributed by atoms with Crippen molar-refractivity contribution in [1.29, 1.82) is 0 Å². The van der Waals surface area contributed by atoms with E-state index < -0.39 is 5.97 Å². The molecule has 4 nitrogen and oxygen atoms in total. The number of hydrogen-bond acceptors (Lipinski definition) is 4. The zero-order chi connectivity index (χ0) is 15.9. The summed E-state index contributed by atoms with van der Waals surface area (Å²) in [5.74, 6) is -0.872. The third-order valence-corrected chi connectivity index (χ3v) is 4.08. The van der Waals surface area contributed by atoms with Crippen LogP contribution in [0.3, 0.4) is 0 Å². The Morgan fingerprint density at radius 3 is 2.73 bits per heavy atom. The quantitative estimate of drug-likeness (QED) is 0.798. The molecule has 1 heterocycles. The van der Waals surface area contributed by atoms with Gasteiger partial charge in [-0.2, -0.15) is 0 Å². The third kappa shape index (κ3) is 2.22. The Labute approximate surface area is 126 Å². The van der Waals surface area contributed by atoms with Crippen LogP contribution in [-0.2, 0) is 11.2 Å². The van der Waals surface area contributed by atoms with E-state index in [1.807, 2.05) is 0 Å². The van der Waals surface area contributed by atoms with Crippen molar-refractivity contribution in [2.24, 2.45) is 0 Å². The maximum Gasteiger partial charge on any atom is 0.374 e. The fourth-order valence-corrected chi connectivity index (χ4v) is 3.02. The van der Waals surface area contributed by atoms with Gasteiger partial charge in [-0.3, -0.25) is 4.79 Å². The van der Waals surface area contributed by atoms with Crippen molar-refractivity contribution < 1.29 is 23.1 Å². The summed E-state index contributed by atoms with van der Waals surface area (Å²) >= 11 is 0. The molecular formula is C17H15FO4. The second-order valence-electron chi connectivity index (χ2n) is 5.40. The monoisotopic (exact) mass is 302 g/mol. The molecule has 1 aromatic carbocycles. The molecular weight excluding hydrogens is 287 g/mol. The number of carbonyl (C=O) groups is 2. The summed E-state index contributed by atoms with van der Waals surface area (Å²) in [5.41, 5.74) is 1.43. The molecule has 1 aliphatic carbocycles. The number of ether oxygens (including phenoxy) is 1. The lowest BCUT2D eigenvalue weighted by molar-refractivity contribution is 0.0561. The largest absolute Gasteiger partial charge is 0.463 e. The number of Topliss-reactive ketones (excluding diaryl/α,β-unsaturated/α-hetero) is 1. The van der Waals surface area contributed by atoms with Crippen LogP contribution >= 0.6 is 0 Å². The van der Waals surface area contributed by atoms with Crippen LogP contribution in [0.2, 0.25) is 0 Å². The van der Waals surface area contributed by atoms with Gasteiger partial charge in [0.15, 0.2) is 5.78 Å². The molecule has 2 aromatic rings. The number of hydrogen-bond donors (Lipinski definition) is 0. The molecule has 1 aromatic heterocycles. The molecule has 114 valence electrons. The topological polar surface area (TPSA) is 56.5 Å². The lowest BCUT2D eigenvalue weighted by Crippen LogP contribution is -2.18. The van der Waals surface area contributed by atoms with Gasteiger partial charge in [0.05, 0.1) is 12.7 Å². The summed E-state index contributed by atoms with van der Waals surface area (Å²) in [4.78, 5) is 24.1. The number of ketones is 1. The molecule has 0 saturated heterocycles. The van der Waals surface area contributed by atoms with Gasteiger partial charge in [0, 0.05) is 24.3 Å². The smallest absolute Gasteiger partial charge is 0.374 e. The maximum atomic E-state index is 13.9. The lowest BCUT2D eigenvalue weighted by Gasteiger charge is -2.21. The normalized spacial score (nSPS) is 17.2. The van der Waals surface area contributed by atoms with Crippen molar-refractivity contribution in [3.63, 3.8) is 0 Å². The highest BCUT2D eigenvalue weighted by Gasteiger charge is 2.34. The number of rotatable bonds is 2. The van der Waals surface area contributed by atoms with Gasteiger partial charge in [-0.15, -0.1) is 0 Å². The molecule has 1 atom stereocenters. The van der Waals surface area contributed by atoms with Crippen molar-refractivity contribution in [2.45, 2.75) is 25.7 Å². The van der Waals surface area contributed by atoms with E-state index in [-0.39, 0.29) is 29.7 Å². The molecule has 0 saturated carbocycles. The minimum absolute atomic E-state index is 0.0510. The van der Waals surface area contributed by atoms with Crippen molar-refractivity contribution >= 4 is 11.8 Å². The fraction of sp³-hybridized carbons (Fsp3) is 0.294. The van der Waals surface area contributed by atoms with Crippen molar-refractivity contribution in [1.82, 2.24) is 0 Å². The maximum absolute atomic E-state index is 13.9. The minimum Gasteiger partial charge on any atom is -0.463 e. The Kier molecular flexibility index (Phi) is 3.56. The molecule has 0 radical (unpaired) electrons. The predicted octanol–water partition coefficient (Wildman–Crippen LogP) is 3.43. The van der Waals surface area contributed by atoms with Gasteiger partial charge in [0.1, 0.15) is 11.6 Å². The Bertz CT molecular complexity index is 760. The summed E-state index contributed by atoms with van der Waals surface area (Å²) in [6.07, 6.45) is 0.592. The van der Waals surface area contributed by atoms with Gasteiger partial charge < -0.3 is 9.15 Å². The second-order valence-corrected chi connectivity index (χ2v) is 5.40. The van der Waals surface area contributed by atoms with Crippen LogP contribution in [0, 0.1) is 12.7 Å². The van der Waals surface area contributed by atoms with Crippen LogP contribution in [0.1, 0.15) is 50.1 Å². The molecule has 1 aliphatic rings. The number of esters is 1. The molecule has 0 unspecified atom stereocenters. The lowest BCUT2D eigenvalue weighted by atomic mass is 9.81. The van der Waals surface area contributed by atoms with E-state index in [0.717, 1.165) is 0 Å². The summed E-state index contributed by atoms with van der Waals surface area (Å²) in [6.45, 7) is 1.66. The Balaban J connectivity index is 2.02. The van der Waals surface area contributed by atoms with E-state index >= 15 is 0 Å². The van der Waals surface area contributed by atoms with Gasteiger partial charge in [-0.05, 0) is 18.6 Å². The molecule has 0 amide bonds. The Morgan fingerprint density at radius 2 is 2.05 bits per heavy atom. The van der Waals surface area contributed by atoms with Crippen molar-refractivity contribution in [2.75, 3.05) is 7.11 Å². The first kappa shape index (κ1) is 14.5. The van der Waals surface area contributed by atoms with E-state index in [0.29, 0.717) is 28.9 Å². The Morgan fingerprint density at radius 1 is 1.32 bits per heavy atom. The van der Waals surface area contributed by atoms with Gasteiger partial charge in [-0.25, -0.2) is 9.18 Å². The molecule has 0 bridgehead atoms. The number of furan rings is 1. The predicted molar refractivity (Wildman–Crippen MR) is 76.6 cm³/mol. The van der Waals surface area contributed by atoms with Crippen LogP contribution in [0.5, 0.6) is 0 Å². The average Bonchev–Trinajstić information content (AvgIpc) is 2.84. The van der Waals surface area contributed by atoms with E-state index in [1.165, 1.54) is 13.2 Å². The van der Waals surface area contributed by atoms with E-state index in [1.54, 1.807) is 25.1 Å². The van der Waals surface area contributed by atoms with Crippen LogP contribution in [0.4, 0.5) is 4.39 Å². The number of fused-ring (bicyclic) bond motifs is 1. The molecule has 22 heavy (non-hydrogen) atoms. The number of carbonyl (C=O) groups excluding carboxylic acids is 2. The number of benzene rings is 1. The van der Waals surface area contributed by atoms with E-state index in [9.17, 15) is 14.0 Å². The number of methoxy groups -OCH3 is 1. The van der Waals surface area contributed by atoms with Gasteiger partial charge in [-0.1, -0.05) is 18.2 Å². The first-order valence-electron chi connectivity index (χ1n) is 7.01. The Hall–Kier alpha value is -2.43. The standard InChI is InChI=1S/C17H15FO4/c1-9-15-13(19)7-10(11-5-3-4-6-12(11)18)8-14(15)22-16(9)17(20)21-2/h3-6,10H,7-8H2,1-2H3/t10-/m1/s1. The van der Waals surface area contributed by atoms with Crippen LogP contribution in [-0.4, -0.2) is 18.9 Å². The third-order valence-electron chi connectivity index (χ3n) is 4.08. The minimum atomic E-state index is -0.609. The fourth-order valence-electron chi connectivity index (χ4n) is 3.02. The summed E-state index contributed by atoms with van der Waals surface area (Å²) < 4.78 is 24.1. The van der Waals surface area contributed by atoms with E-state index in [4.69, 9.17) is 4.42 Å². The highest BCUT2D eigenvalue weighted by molar-refractivity contribution is 6.03. The molecule has 0 fully saturated rings. The molecule has 0 N–H and O–H groups in total. The molecule has 0 spiro atoms. The zero-order valence-corrected chi connectivity index (χ0v) is 12.3. The van der Waals surface area contributed by atoms with Crippen molar-refractivity contribution in [3.05, 3.63) is 58.3 Å². The van der Waals surface area contributed by atoms with Gasteiger partial charge in [0.25, 0.3) is 0 Å². The van der Waals surface area contributed by atoms with E-state index in [2.05, 4.69) is 4.74 Å². The first-order valence-corrected chi connectivity index (χ1v) is 7.01. The zero-order valence-electron chi connectivity index (χ0n) is 12.3. The summed E-state index contributed by atoms with van der Waals surface area (Å²) in [6, 6.07) is 6.41. The van der Waals surface area contributed by atoms with Crippen LogP contribution in [0.25, 0.3) is 0 Å². The molecule has 0 aliphatic heterocycles. The highest BCUT2D eigenvalue weighted by atomic mass is 19.1. The summed E-state index contributed by atoms with van der Waals surface area (Å²) in [5, 5.41) is 0. The van der Waals surface area contributed by atoms with Crippen molar-refractivity contribution in [3.8, 4) is 0 Å². The second kappa shape index (κ2) is 5.40. The molecule has 3 rings (SSSR count). The average molecular weight is 302 g/mol. The van der Waals surface area contributed by atoms with Crippen LogP contribution < -0.4 is 0 Å². The summed E-state index contributed by atoms with van der Waals surface area (Å²) in [7, 11) is 1.26. The molecule has 5 heteroatoms. The SMILES string of the molecule is COC(=O)c1oc2c(c1C)C(=O)C[C@@H](c1ccccc1F)C2. The van der Waals surface area contributed by atoms with Crippen LogP contribution in [0.15, 0.2) is 28.7 Å². The van der Waals surface area contributed by atoms with Gasteiger partial charge >= 0.3 is 5.97 Å². The first-order chi connectivity index (χ1) is 10.5. The number of halogens is 1. The highest BCUT2D eigenvalue weighted by Crippen LogP contribution is 2.37.